The number of benzene rings is 2. The predicted molar refractivity (Wildman–Crippen MR) is 231 cm³/mol. The van der Waals surface area contributed by atoms with Gasteiger partial charge in [-0.1, -0.05) is 105 Å². The first-order valence-corrected chi connectivity index (χ1v) is 22.6. The van der Waals surface area contributed by atoms with Gasteiger partial charge in [0.05, 0.1) is 25.9 Å². The molecule has 5 rings (SSSR count). The summed E-state index contributed by atoms with van der Waals surface area (Å²) in [6.45, 7) is 26.5. The van der Waals surface area contributed by atoms with E-state index < -0.39 is 24.4 Å². The zero-order chi connectivity index (χ0) is 42.8. The van der Waals surface area contributed by atoms with Crippen LogP contribution in [0.5, 0.6) is 0 Å². The Morgan fingerprint density at radius 1 is 0.696 bits per heavy atom. The van der Waals surface area contributed by atoms with E-state index in [2.05, 4.69) is 77.4 Å². The van der Waals surface area contributed by atoms with Crippen LogP contribution in [0.1, 0.15) is 144 Å². The predicted octanol–water partition coefficient (Wildman–Crippen LogP) is 10.5. The first kappa shape index (κ1) is 48.4. The second-order valence-electron chi connectivity index (χ2n) is 18.8. The van der Waals surface area contributed by atoms with Crippen LogP contribution in [0.2, 0.25) is 0 Å². The van der Waals surface area contributed by atoms with Gasteiger partial charge in [0.25, 0.3) is 0 Å². The number of anilines is 2. The van der Waals surface area contributed by atoms with Crippen LogP contribution < -0.4 is 11.5 Å². The van der Waals surface area contributed by atoms with Gasteiger partial charge in [0.1, 0.15) is 11.5 Å². The van der Waals surface area contributed by atoms with Crippen LogP contribution in [0.25, 0.3) is 0 Å². The maximum absolute atomic E-state index is 12.3. The molecule has 312 valence electrons. The monoisotopic (exact) mass is 811 g/mol. The summed E-state index contributed by atoms with van der Waals surface area (Å²) in [4.78, 5) is 8.56. The Kier molecular flexibility index (Phi) is 16.9. The highest BCUT2D eigenvalue weighted by Gasteiger charge is 2.30. The summed E-state index contributed by atoms with van der Waals surface area (Å²) in [7, 11) is -6.63. The molecule has 0 atom stereocenters. The van der Waals surface area contributed by atoms with Gasteiger partial charge in [0, 0.05) is 23.4 Å². The lowest BCUT2D eigenvalue weighted by Gasteiger charge is -2.29. The molecule has 1 saturated carbocycles. The molecule has 0 radical (unpaired) electrons. The Morgan fingerprint density at radius 3 is 1.61 bits per heavy atom. The van der Waals surface area contributed by atoms with E-state index >= 15 is 0 Å². The molecule has 12 heteroatoms. The van der Waals surface area contributed by atoms with Crippen LogP contribution in [0.4, 0.5) is 11.6 Å². The second kappa shape index (κ2) is 19.6. The van der Waals surface area contributed by atoms with Crippen molar-refractivity contribution in [1.29, 1.82) is 0 Å². The molecule has 1 aliphatic carbocycles. The Balaban J connectivity index is 0.000000267. The molecule has 56 heavy (non-hydrogen) atoms. The van der Waals surface area contributed by atoms with E-state index in [-0.39, 0.29) is 16.6 Å². The van der Waals surface area contributed by atoms with Crippen LogP contribution in [-0.4, -0.2) is 36.7 Å². The Hall–Kier alpha value is -3.77. The molecule has 4 aromatic rings. The molecule has 1 aliphatic rings. The number of nitrogens with two attached hydrogens (primary N) is 2. The molecule has 0 spiro atoms. The van der Waals surface area contributed by atoms with Gasteiger partial charge < -0.3 is 16.0 Å². The number of nitrogen functional groups attached to an aromatic ring is 2. The molecule has 0 saturated heterocycles. The van der Waals surface area contributed by atoms with E-state index in [4.69, 9.17) is 16.0 Å². The van der Waals surface area contributed by atoms with E-state index in [1.807, 2.05) is 18.2 Å². The van der Waals surface area contributed by atoms with Gasteiger partial charge in [0.2, 0.25) is 5.95 Å². The topological polar surface area (TPSA) is 172 Å². The molecule has 10 nitrogen and oxygen atoms in total. The zero-order valence-electron chi connectivity index (χ0n) is 36.2. The van der Waals surface area contributed by atoms with Gasteiger partial charge in [-0.3, -0.25) is 0 Å². The van der Waals surface area contributed by atoms with E-state index in [9.17, 15) is 16.8 Å². The zero-order valence-corrected chi connectivity index (χ0v) is 37.9. The van der Waals surface area contributed by atoms with Gasteiger partial charge >= 0.3 is 0 Å². The van der Waals surface area contributed by atoms with Crippen molar-refractivity contribution in [3.63, 3.8) is 0 Å². The third-order valence-corrected chi connectivity index (χ3v) is 13.8. The first-order valence-electron chi connectivity index (χ1n) is 19.5. The number of nitrogens with zero attached hydrogens (tertiary/aromatic N) is 3. The lowest BCUT2D eigenvalue weighted by Crippen LogP contribution is -2.27. The van der Waals surface area contributed by atoms with Gasteiger partial charge in [-0.05, 0) is 105 Å². The fourth-order valence-electron chi connectivity index (χ4n) is 5.86. The molecule has 0 aliphatic heterocycles. The second-order valence-corrected chi connectivity index (χ2v) is 23.4. The minimum atomic E-state index is -3.38. The number of aromatic nitrogens is 3. The number of hydrogen-bond acceptors (Lipinski definition) is 10. The molecule has 4 N–H and O–H groups in total. The van der Waals surface area contributed by atoms with Crippen molar-refractivity contribution in [2.24, 2.45) is 11.3 Å². The largest absolute Gasteiger partial charge is 0.399 e. The molecule has 2 aromatic heterocycles. The molecule has 2 heterocycles. The van der Waals surface area contributed by atoms with E-state index in [1.165, 1.54) is 50.7 Å². The average molecular weight is 812 g/mol. The molecular formula is C44H69N5O5S2. The van der Waals surface area contributed by atoms with Crippen molar-refractivity contribution in [3.05, 3.63) is 89.6 Å². The van der Waals surface area contributed by atoms with Gasteiger partial charge in [0.15, 0.2) is 19.7 Å². The average Bonchev–Trinajstić information content (AvgIpc) is 3.28. The normalized spacial score (nSPS) is 14.5. The van der Waals surface area contributed by atoms with Crippen molar-refractivity contribution in [2.75, 3.05) is 11.5 Å². The van der Waals surface area contributed by atoms with Gasteiger partial charge in [-0.15, -0.1) is 0 Å². The third-order valence-electron chi connectivity index (χ3n) is 9.61. The van der Waals surface area contributed by atoms with Crippen molar-refractivity contribution in [1.82, 2.24) is 15.1 Å². The lowest BCUT2D eigenvalue weighted by molar-refractivity contribution is 0.215. The van der Waals surface area contributed by atoms with Crippen LogP contribution in [-0.2, 0) is 36.3 Å². The van der Waals surface area contributed by atoms with Gasteiger partial charge in [-0.2, -0.15) is 0 Å². The Bertz CT molecular complexity index is 2010. The van der Waals surface area contributed by atoms with Crippen LogP contribution in [0, 0.1) is 18.3 Å². The minimum absolute atomic E-state index is 0.00547. The molecular weight excluding hydrogens is 743 g/mol. The SMILES string of the molecule is CC(C)(C)C1CCCCCC1.CC(C)(C)S(=O)(=O)c1ccc(N)cc1.CC(C)(C)c1ccnc(N)n1.Cc1cc(CS(=O)(=O)c2ccc(C(C)(C)C)cc2)no1. The summed E-state index contributed by atoms with van der Waals surface area (Å²) in [5, 5.41) is 3.73. The lowest BCUT2D eigenvalue weighted by atomic mass is 9.76. The van der Waals surface area contributed by atoms with Crippen molar-refractivity contribution >= 4 is 31.3 Å². The summed E-state index contributed by atoms with van der Waals surface area (Å²) >= 11 is 0. The number of rotatable bonds is 4. The molecule has 0 bridgehead atoms. The number of hydrogen-bond donors (Lipinski definition) is 2. The number of sulfone groups is 2. The molecule has 0 unspecified atom stereocenters. The van der Waals surface area contributed by atoms with E-state index in [0.717, 1.165) is 17.2 Å². The van der Waals surface area contributed by atoms with Crippen LogP contribution in [0.3, 0.4) is 0 Å². The fraction of sp³-hybridized carbons (Fsp3) is 0.568. The summed E-state index contributed by atoms with van der Waals surface area (Å²) in [5.41, 5.74) is 14.6. The van der Waals surface area contributed by atoms with Crippen molar-refractivity contribution in [2.45, 2.75) is 160 Å². The Morgan fingerprint density at radius 2 is 1.21 bits per heavy atom. The maximum atomic E-state index is 12.3. The summed E-state index contributed by atoms with van der Waals surface area (Å²) in [6.07, 6.45) is 10.5. The van der Waals surface area contributed by atoms with Crippen LogP contribution in [0.15, 0.2) is 81.2 Å². The quantitative estimate of drug-likeness (QED) is 0.149. The summed E-state index contributed by atoms with van der Waals surface area (Å²) < 4.78 is 52.5. The summed E-state index contributed by atoms with van der Waals surface area (Å²) in [6, 6.07) is 16.8. The highest BCUT2D eigenvalue weighted by molar-refractivity contribution is 7.92. The van der Waals surface area contributed by atoms with E-state index in [1.54, 1.807) is 64.2 Å². The smallest absolute Gasteiger partial charge is 0.220 e. The van der Waals surface area contributed by atoms with Crippen LogP contribution >= 0.6 is 0 Å². The first-order chi connectivity index (χ1) is 25.5. The van der Waals surface area contributed by atoms with Gasteiger partial charge in [-0.25, -0.2) is 26.8 Å². The fourth-order valence-corrected chi connectivity index (χ4v) is 8.31. The standard InChI is InChI=1S/C15H19NO3S.C11H22.C10H15NO2S.C8H13N3/c1-11-9-13(16-19-11)10-20(17,18)14-7-5-12(6-8-14)15(2,3)4;1-11(2,3)10-8-6-4-5-7-9-10;1-10(2,3)14(12,13)9-6-4-8(11)5-7-9;1-8(2,3)6-4-5-10-7(9)11-6/h5-9H,10H2,1-4H3;10H,4-9H2,1-3H3;4-7H,11H2,1-3H3;4-5H,1-3H3,(H2,9,10,11). The van der Waals surface area contributed by atoms with Crippen molar-refractivity contribution < 1.29 is 21.4 Å². The molecule has 0 amide bonds. The summed E-state index contributed by atoms with van der Waals surface area (Å²) in [5.74, 6) is 1.81. The van der Waals surface area contributed by atoms with E-state index in [0.29, 0.717) is 38.3 Å². The highest BCUT2D eigenvalue weighted by atomic mass is 32.2. The number of aryl methyl sites for hydroxylation is 1. The highest BCUT2D eigenvalue weighted by Crippen LogP contribution is 2.36. The van der Waals surface area contributed by atoms with Crippen molar-refractivity contribution in [3.8, 4) is 0 Å². The third kappa shape index (κ3) is 15.6. The minimum Gasteiger partial charge on any atom is -0.399 e. The molecule has 2 aromatic carbocycles. The molecule has 1 fully saturated rings. The maximum Gasteiger partial charge on any atom is 0.220 e. The Labute approximate surface area is 338 Å².